The van der Waals surface area contributed by atoms with Crippen molar-refractivity contribution in [3.05, 3.63) is 136 Å². The fourth-order valence-electron chi connectivity index (χ4n) is 6.67. The van der Waals surface area contributed by atoms with Gasteiger partial charge in [0.2, 0.25) is 0 Å². The molecule has 242 valence electrons. The number of nitrogens with two attached hydrogens (primary N) is 2. The first-order chi connectivity index (χ1) is 22.9. The number of nitrogens with zero attached hydrogens (tertiary/aromatic N) is 4. The van der Waals surface area contributed by atoms with Crippen molar-refractivity contribution in [2.24, 2.45) is 11.5 Å². The van der Waals surface area contributed by atoms with Gasteiger partial charge in [0.25, 0.3) is 5.91 Å². The molecule has 0 aliphatic carbocycles. The van der Waals surface area contributed by atoms with E-state index in [0.717, 1.165) is 71.5 Å². The van der Waals surface area contributed by atoms with E-state index >= 15 is 0 Å². The van der Waals surface area contributed by atoms with Crippen LogP contribution in [-0.4, -0.2) is 50.7 Å². The van der Waals surface area contributed by atoms with Crippen LogP contribution in [0.25, 0.3) is 11.0 Å². The van der Waals surface area contributed by atoms with Crippen LogP contribution in [0, 0.1) is 5.41 Å². The van der Waals surface area contributed by atoms with Crippen molar-refractivity contribution in [3.8, 4) is 0 Å². The van der Waals surface area contributed by atoms with Crippen molar-refractivity contribution >= 4 is 22.8 Å². The van der Waals surface area contributed by atoms with E-state index in [4.69, 9.17) is 21.9 Å². The van der Waals surface area contributed by atoms with Crippen LogP contribution in [0.1, 0.15) is 63.3 Å². The summed E-state index contributed by atoms with van der Waals surface area (Å²) in [5.41, 5.74) is 19.2. The zero-order chi connectivity index (χ0) is 32.8. The maximum Gasteiger partial charge on any atom is 0.254 e. The van der Waals surface area contributed by atoms with Crippen molar-refractivity contribution in [2.45, 2.75) is 64.3 Å². The lowest BCUT2D eigenvalue weighted by atomic mass is 10.1. The fourth-order valence-corrected chi connectivity index (χ4v) is 6.67. The van der Waals surface area contributed by atoms with Gasteiger partial charge in [0.15, 0.2) is 0 Å². The number of hydrogen-bond acceptors (Lipinski definition) is 5. The van der Waals surface area contributed by atoms with Gasteiger partial charge < -0.3 is 25.8 Å². The van der Waals surface area contributed by atoms with E-state index < -0.39 is 0 Å². The van der Waals surface area contributed by atoms with E-state index in [9.17, 15) is 4.79 Å². The number of fused-ring (bicyclic) bond motifs is 1. The Bertz CT molecular complexity index is 1810. The SMILES string of the molecule is CN1CCCC1CCn1c(CCc2ccc(C(=N)N)cc2)nc2cc(C(=O)N(Cc3ccccc3)Cc3ccc(CN)cc3)ccc21. The average molecular weight is 628 g/mol. The minimum absolute atomic E-state index is 0.0205. The Morgan fingerprint density at radius 2 is 1.53 bits per heavy atom. The third-order valence-electron chi connectivity index (χ3n) is 9.47. The maximum atomic E-state index is 14.2. The van der Waals surface area contributed by atoms with Crippen LogP contribution in [0.2, 0.25) is 0 Å². The zero-order valence-electron chi connectivity index (χ0n) is 27.2. The summed E-state index contributed by atoms with van der Waals surface area (Å²) in [7, 11) is 2.22. The molecule has 4 aromatic carbocycles. The summed E-state index contributed by atoms with van der Waals surface area (Å²) in [6, 6.07) is 32.8. The highest BCUT2D eigenvalue weighted by molar-refractivity contribution is 5.97. The summed E-state index contributed by atoms with van der Waals surface area (Å²) in [6.07, 6.45) is 5.14. The molecule has 1 aliphatic heterocycles. The number of rotatable bonds is 13. The molecule has 0 saturated carbocycles. The Kier molecular flexibility index (Phi) is 10.1. The third kappa shape index (κ3) is 7.79. The summed E-state index contributed by atoms with van der Waals surface area (Å²) in [6.45, 7) is 3.53. The standard InChI is InChI=1S/C39H45N7O/c1-44-22-5-8-34(44)21-23-46-36-19-18-33(24-35(36)43-37(46)20-15-28-13-16-32(17-14-28)38(41)42)39(47)45(26-30-6-3-2-4-7-30)27-31-11-9-29(25-40)10-12-31/h2-4,6-7,9-14,16-19,24,34H,5,8,15,20-23,25-27,40H2,1H3,(H3,41,42). The van der Waals surface area contributed by atoms with E-state index in [1.54, 1.807) is 0 Å². The second kappa shape index (κ2) is 14.8. The Morgan fingerprint density at radius 3 is 2.19 bits per heavy atom. The van der Waals surface area contributed by atoms with E-state index in [2.05, 4.69) is 46.8 Å². The summed E-state index contributed by atoms with van der Waals surface area (Å²) in [4.78, 5) is 23.7. The highest BCUT2D eigenvalue weighted by Crippen LogP contribution is 2.25. The molecule has 8 nitrogen and oxygen atoms in total. The third-order valence-corrected chi connectivity index (χ3v) is 9.47. The number of nitrogen functional groups attached to an aromatic ring is 1. The number of aromatic nitrogens is 2. The molecule has 6 rings (SSSR count). The monoisotopic (exact) mass is 627 g/mol. The highest BCUT2D eigenvalue weighted by atomic mass is 16.2. The quantitative estimate of drug-likeness (QED) is 0.111. The van der Waals surface area contributed by atoms with E-state index in [-0.39, 0.29) is 11.7 Å². The normalized spacial score (nSPS) is 14.9. The smallest absolute Gasteiger partial charge is 0.254 e. The van der Waals surface area contributed by atoms with Gasteiger partial charge in [-0.15, -0.1) is 0 Å². The van der Waals surface area contributed by atoms with Gasteiger partial charge in [0, 0.05) is 49.8 Å². The molecule has 1 atom stereocenters. The summed E-state index contributed by atoms with van der Waals surface area (Å²) in [5.74, 6) is 1.09. The largest absolute Gasteiger partial charge is 0.384 e. The zero-order valence-corrected chi connectivity index (χ0v) is 27.2. The van der Waals surface area contributed by atoms with Crippen LogP contribution >= 0.6 is 0 Å². The molecule has 1 aromatic heterocycles. The van der Waals surface area contributed by atoms with Gasteiger partial charge in [0.05, 0.1) is 11.0 Å². The Balaban J connectivity index is 1.28. The first kappa shape index (κ1) is 32.2. The topological polar surface area (TPSA) is 117 Å². The van der Waals surface area contributed by atoms with Crippen LogP contribution in [0.3, 0.4) is 0 Å². The number of carbonyl (C=O) groups is 1. The molecular formula is C39H45N7O. The van der Waals surface area contributed by atoms with Crippen LogP contribution in [-0.2, 0) is 39.0 Å². The van der Waals surface area contributed by atoms with Crippen molar-refractivity contribution in [3.63, 3.8) is 0 Å². The lowest BCUT2D eigenvalue weighted by Crippen LogP contribution is -2.30. The number of benzene rings is 4. The number of likely N-dealkylation sites (tertiary alicyclic amines) is 1. The van der Waals surface area contributed by atoms with E-state index in [0.29, 0.717) is 31.2 Å². The van der Waals surface area contributed by atoms with Gasteiger partial charge in [-0.05, 0) is 79.7 Å². The average Bonchev–Trinajstić information content (AvgIpc) is 3.68. The minimum Gasteiger partial charge on any atom is -0.384 e. The maximum absolute atomic E-state index is 14.2. The molecule has 0 spiro atoms. The molecule has 1 unspecified atom stereocenters. The summed E-state index contributed by atoms with van der Waals surface area (Å²) >= 11 is 0. The molecule has 47 heavy (non-hydrogen) atoms. The van der Waals surface area contributed by atoms with Crippen LogP contribution in [0.4, 0.5) is 0 Å². The van der Waals surface area contributed by atoms with Gasteiger partial charge in [-0.2, -0.15) is 0 Å². The van der Waals surface area contributed by atoms with Crippen molar-refractivity contribution in [2.75, 3.05) is 13.6 Å². The van der Waals surface area contributed by atoms with Gasteiger partial charge >= 0.3 is 0 Å². The number of nitrogens with one attached hydrogen (secondary N) is 1. The summed E-state index contributed by atoms with van der Waals surface area (Å²) in [5, 5.41) is 7.69. The number of imidazole rings is 1. The molecule has 5 aromatic rings. The molecule has 1 amide bonds. The lowest BCUT2D eigenvalue weighted by Gasteiger charge is -2.23. The second-order valence-electron chi connectivity index (χ2n) is 12.7. The first-order valence-electron chi connectivity index (χ1n) is 16.6. The lowest BCUT2D eigenvalue weighted by molar-refractivity contribution is 0.0730. The van der Waals surface area contributed by atoms with Gasteiger partial charge in [-0.25, -0.2) is 4.98 Å². The Labute approximate surface area is 277 Å². The minimum atomic E-state index is -0.0205. The van der Waals surface area contributed by atoms with E-state index in [1.165, 1.54) is 18.4 Å². The Hall–Kier alpha value is -4.79. The molecule has 0 bridgehead atoms. The second-order valence-corrected chi connectivity index (χ2v) is 12.7. The number of aryl methyl sites for hydroxylation is 3. The molecule has 0 radical (unpaired) electrons. The molecule has 1 fully saturated rings. The molecule has 2 heterocycles. The van der Waals surface area contributed by atoms with Crippen LogP contribution in [0.15, 0.2) is 97.1 Å². The van der Waals surface area contributed by atoms with Crippen LogP contribution in [0.5, 0.6) is 0 Å². The predicted molar refractivity (Wildman–Crippen MR) is 189 cm³/mol. The number of amides is 1. The van der Waals surface area contributed by atoms with Crippen LogP contribution < -0.4 is 11.5 Å². The predicted octanol–water partition coefficient (Wildman–Crippen LogP) is 5.89. The van der Waals surface area contributed by atoms with Crippen molar-refractivity contribution in [1.29, 1.82) is 5.41 Å². The van der Waals surface area contributed by atoms with Gasteiger partial charge in [-0.1, -0.05) is 78.9 Å². The first-order valence-corrected chi connectivity index (χ1v) is 16.6. The number of amidine groups is 1. The molecule has 1 aliphatic rings. The van der Waals surface area contributed by atoms with Crippen molar-refractivity contribution in [1.82, 2.24) is 19.4 Å². The fraction of sp³-hybridized carbons (Fsp3) is 0.308. The van der Waals surface area contributed by atoms with Gasteiger partial charge in [-0.3, -0.25) is 10.2 Å². The molecule has 1 saturated heterocycles. The van der Waals surface area contributed by atoms with Crippen molar-refractivity contribution < 1.29 is 4.79 Å². The molecule has 5 N–H and O–H groups in total. The molecular weight excluding hydrogens is 582 g/mol. The number of carbonyl (C=O) groups excluding carboxylic acids is 1. The van der Waals surface area contributed by atoms with E-state index in [1.807, 2.05) is 71.6 Å². The Morgan fingerprint density at radius 1 is 0.872 bits per heavy atom. The molecule has 8 heteroatoms. The number of hydrogen-bond donors (Lipinski definition) is 3. The highest BCUT2D eigenvalue weighted by Gasteiger charge is 2.23. The van der Waals surface area contributed by atoms with Gasteiger partial charge in [0.1, 0.15) is 11.7 Å². The summed E-state index contributed by atoms with van der Waals surface area (Å²) < 4.78 is 2.36.